The van der Waals surface area contributed by atoms with Crippen LogP contribution in [0.25, 0.3) is 0 Å². The van der Waals surface area contributed by atoms with Gasteiger partial charge in [0.2, 0.25) is 0 Å². The Kier molecular flexibility index (Phi) is 3.90. The zero-order chi connectivity index (χ0) is 13.2. The van der Waals surface area contributed by atoms with Crippen molar-refractivity contribution < 1.29 is 4.74 Å². The highest BCUT2D eigenvalue weighted by molar-refractivity contribution is 5.32. The predicted molar refractivity (Wildman–Crippen MR) is 78.4 cm³/mol. The second kappa shape index (κ2) is 5.64. The van der Waals surface area contributed by atoms with Crippen molar-refractivity contribution in [1.82, 2.24) is 5.32 Å². The first kappa shape index (κ1) is 13.1. The number of hydrogen-bond acceptors (Lipinski definition) is 2. The van der Waals surface area contributed by atoms with E-state index in [1.807, 2.05) is 0 Å². The molecule has 2 fully saturated rings. The van der Waals surface area contributed by atoms with Crippen LogP contribution in [0.2, 0.25) is 0 Å². The van der Waals surface area contributed by atoms with Crippen LogP contribution in [-0.4, -0.2) is 19.2 Å². The summed E-state index contributed by atoms with van der Waals surface area (Å²) in [4.78, 5) is 0. The maximum Gasteiger partial charge on any atom is 0.0952 e. The fourth-order valence-corrected chi connectivity index (χ4v) is 3.54. The molecule has 1 aromatic carbocycles. The Bertz CT molecular complexity index is 427. The molecule has 2 aliphatic rings. The first-order valence-electron chi connectivity index (χ1n) is 7.66. The van der Waals surface area contributed by atoms with Gasteiger partial charge in [-0.1, -0.05) is 36.6 Å². The highest BCUT2D eigenvalue weighted by Crippen LogP contribution is 2.31. The molecule has 3 unspecified atom stereocenters. The molecule has 1 aliphatic heterocycles. The van der Waals surface area contributed by atoms with E-state index < -0.39 is 0 Å². The van der Waals surface area contributed by atoms with Crippen LogP contribution in [0.3, 0.4) is 0 Å². The maximum absolute atomic E-state index is 6.23. The summed E-state index contributed by atoms with van der Waals surface area (Å²) in [7, 11) is 0. The Hall–Kier alpha value is -0.860. The number of ether oxygens (including phenoxy) is 1. The van der Waals surface area contributed by atoms with Crippen molar-refractivity contribution >= 4 is 0 Å². The van der Waals surface area contributed by atoms with Gasteiger partial charge in [0.05, 0.1) is 12.7 Å². The topological polar surface area (TPSA) is 21.3 Å². The summed E-state index contributed by atoms with van der Waals surface area (Å²) >= 11 is 0. The minimum atomic E-state index is 0.227. The van der Waals surface area contributed by atoms with Crippen molar-refractivity contribution in [3.05, 3.63) is 34.9 Å². The third kappa shape index (κ3) is 2.85. The second-order valence-corrected chi connectivity index (χ2v) is 6.24. The Labute approximate surface area is 116 Å². The van der Waals surface area contributed by atoms with E-state index >= 15 is 0 Å². The van der Waals surface area contributed by atoms with E-state index in [0.29, 0.717) is 6.04 Å². The van der Waals surface area contributed by atoms with Gasteiger partial charge in [-0.15, -0.1) is 0 Å². The van der Waals surface area contributed by atoms with E-state index in [2.05, 4.69) is 37.4 Å². The number of aryl methyl sites for hydroxylation is 2. The Morgan fingerprint density at radius 1 is 1.16 bits per heavy atom. The van der Waals surface area contributed by atoms with Crippen LogP contribution < -0.4 is 5.32 Å². The second-order valence-electron chi connectivity index (χ2n) is 6.24. The molecule has 19 heavy (non-hydrogen) atoms. The summed E-state index contributed by atoms with van der Waals surface area (Å²) in [6.45, 7) is 6.24. The average Bonchev–Trinajstić information content (AvgIpc) is 2.64. The standard InChI is InChI=1S/C17H25NO/c1-12-7-8-13(2)15(9-12)17-10-18-16-6-4-3-5-14(16)11-19-17/h7-9,14,16-18H,3-6,10-11H2,1-2H3. The van der Waals surface area contributed by atoms with Gasteiger partial charge in [-0.25, -0.2) is 0 Å². The molecular formula is C17H25NO. The average molecular weight is 259 g/mol. The monoisotopic (exact) mass is 259 g/mol. The van der Waals surface area contributed by atoms with Crippen LogP contribution in [0.5, 0.6) is 0 Å². The molecule has 2 heteroatoms. The Balaban J connectivity index is 1.77. The first-order valence-corrected chi connectivity index (χ1v) is 7.66. The molecule has 1 saturated heterocycles. The van der Waals surface area contributed by atoms with Crippen molar-refractivity contribution in [3.63, 3.8) is 0 Å². The van der Waals surface area contributed by atoms with Crippen LogP contribution in [0.1, 0.15) is 48.5 Å². The molecule has 1 aliphatic carbocycles. The highest BCUT2D eigenvalue weighted by atomic mass is 16.5. The smallest absolute Gasteiger partial charge is 0.0952 e. The van der Waals surface area contributed by atoms with Gasteiger partial charge in [0.25, 0.3) is 0 Å². The van der Waals surface area contributed by atoms with Crippen LogP contribution in [0, 0.1) is 19.8 Å². The lowest BCUT2D eigenvalue weighted by Crippen LogP contribution is -2.38. The molecule has 3 rings (SSSR count). The van der Waals surface area contributed by atoms with E-state index in [1.165, 1.54) is 42.4 Å². The van der Waals surface area contributed by atoms with Crippen molar-refractivity contribution in [3.8, 4) is 0 Å². The minimum Gasteiger partial charge on any atom is -0.372 e. The molecule has 2 nitrogen and oxygen atoms in total. The SMILES string of the molecule is Cc1ccc(C)c(C2CNC3CCCCC3CO2)c1. The summed E-state index contributed by atoms with van der Waals surface area (Å²) in [5.41, 5.74) is 4.04. The summed E-state index contributed by atoms with van der Waals surface area (Å²) < 4.78 is 6.23. The van der Waals surface area contributed by atoms with E-state index in [1.54, 1.807) is 0 Å². The van der Waals surface area contributed by atoms with E-state index in [0.717, 1.165) is 19.1 Å². The highest BCUT2D eigenvalue weighted by Gasteiger charge is 2.30. The normalized spacial score (nSPS) is 31.6. The lowest BCUT2D eigenvalue weighted by atomic mass is 9.85. The molecule has 0 aromatic heterocycles. The van der Waals surface area contributed by atoms with Crippen molar-refractivity contribution in [2.75, 3.05) is 13.2 Å². The van der Waals surface area contributed by atoms with Crippen molar-refractivity contribution in [2.45, 2.75) is 51.7 Å². The first-order chi connectivity index (χ1) is 9.24. The van der Waals surface area contributed by atoms with Crippen LogP contribution >= 0.6 is 0 Å². The predicted octanol–water partition coefficient (Wildman–Crippen LogP) is 3.52. The van der Waals surface area contributed by atoms with Gasteiger partial charge in [0.1, 0.15) is 0 Å². The summed E-state index contributed by atoms with van der Waals surface area (Å²) in [5.74, 6) is 0.726. The molecule has 1 N–H and O–H groups in total. The van der Waals surface area contributed by atoms with Gasteiger partial charge < -0.3 is 10.1 Å². The lowest BCUT2D eigenvalue weighted by Gasteiger charge is -2.29. The molecule has 1 aromatic rings. The van der Waals surface area contributed by atoms with Gasteiger partial charge in [-0.3, -0.25) is 0 Å². The Morgan fingerprint density at radius 2 is 2.00 bits per heavy atom. The Morgan fingerprint density at radius 3 is 2.89 bits per heavy atom. The number of rotatable bonds is 1. The molecule has 1 saturated carbocycles. The third-order valence-corrected chi connectivity index (χ3v) is 4.77. The van der Waals surface area contributed by atoms with Crippen molar-refractivity contribution in [1.29, 1.82) is 0 Å². The molecule has 0 spiro atoms. The molecule has 0 bridgehead atoms. The fraction of sp³-hybridized carbons (Fsp3) is 0.647. The zero-order valence-corrected chi connectivity index (χ0v) is 12.1. The van der Waals surface area contributed by atoms with Crippen LogP contribution in [0.4, 0.5) is 0 Å². The summed E-state index contributed by atoms with van der Waals surface area (Å²) in [6, 6.07) is 7.37. The number of benzene rings is 1. The number of hydrogen-bond donors (Lipinski definition) is 1. The van der Waals surface area contributed by atoms with Gasteiger partial charge in [-0.05, 0) is 43.7 Å². The molecule has 1 heterocycles. The third-order valence-electron chi connectivity index (χ3n) is 4.77. The summed E-state index contributed by atoms with van der Waals surface area (Å²) in [5, 5.41) is 3.75. The molecule has 0 amide bonds. The molecule has 104 valence electrons. The van der Waals surface area contributed by atoms with E-state index in [9.17, 15) is 0 Å². The van der Waals surface area contributed by atoms with E-state index in [4.69, 9.17) is 4.74 Å². The number of nitrogens with one attached hydrogen (secondary N) is 1. The van der Waals surface area contributed by atoms with Gasteiger partial charge in [-0.2, -0.15) is 0 Å². The van der Waals surface area contributed by atoms with Crippen molar-refractivity contribution in [2.24, 2.45) is 5.92 Å². The fourth-order valence-electron chi connectivity index (χ4n) is 3.54. The summed E-state index contributed by atoms with van der Waals surface area (Å²) in [6.07, 6.45) is 5.64. The van der Waals surface area contributed by atoms with Crippen LogP contribution in [-0.2, 0) is 4.74 Å². The minimum absolute atomic E-state index is 0.227. The van der Waals surface area contributed by atoms with E-state index in [-0.39, 0.29) is 6.10 Å². The maximum atomic E-state index is 6.23. The lowest BCUT2D eigenvalue weighted by molar-refractivity contribution is 0.0397. The van der Waals surface area contributed by atoms with Gasteiger partial charge in [0, 0.05) is 12.6 Å². The van der Waals surface area contributed by atoms with Gasteiger partial charge >= 0.3 is 0 Å². The molecule has 0 radical (unpaired) electrons. The largest absolute Gasteiger partial charge is 0.372 e. The van der Waals surface area contributed by atoms with Gasteiger partial charge in [0.15, 0.2) is 0 Å². The molecule has 3 atom stereocenters. The quantitative estimate of drug-likeness (QED) is 0.833. The van der Waals surface area contributed by atoms with Crippen LogP contribution in [0.15, 0.2) is 18.2 Å². The number of fused-ring (bicyclic) bond motifs is 1. The molecular weight excluding hydrogens is 234 g/mol. The zero-order valence-electron chi connectivity index (χ0n) is 12.1.